The summed E-state index contributed by atoms with van der Waals surface area (Å²) in [4.78, 5) is 15.8. The number of pyridine rings is 1. The van der Waals surface area contributed by atoms with Crippen LogP contribution >= 0.6 is 0 Å². The number of carbonyl (C=O) groups is 1. The van der Waals surface area contributed by atoms with Crippen molar-refractivity contribution in [1.29, 1.82) is 0 Å². The molecule has 1 amide bonds. The molecule has 27 heavy (non-hydrogen) atoms. The van der Waals surface area contributed by atoms with Gasteiger partial charge in [-0.3, -0.25) is 9.78 Å². The number of carbonyl (C=O) groups excluding carboxylic acids is 1. The molecular weight excluding hydrogens is 360 g/mol. The molecule has 0 bridgehead atoms. The van der Waals surface area contributed by atoms with Crippen LogP contribution in [0.4, 0.5) is 17.6 Å². The number of hydrogen-bond donors (Lipinski definition) is 1. The van der Waals surface area contributed by atoms with Gasteiger partial charge in [-0.2, -0.15) is 13.2 Å². The highest BCUT2D eigenvalue weighted by Crippen LogP contribution is 2.32. The van der Waals surface area contributed by atoms with E-state index in [1.807, 2.05) is 12.1 Å². The monoisotopic (exact) mass is 374 g/mol. The molecule has 0 unspecified atom stereocenters. The number of halogens is 4. The Morgan fingerprint density at radius 1 is 1.07 bits per heavy atom. The number of amides is 1. The number of aromatic nitrogens is 1. The fourth-order valence-electron chi connectivity index (χ4n) is 2.65. The minimum atomic E-state index is -4.42. The summed E-state index contributed by atoms with van der Waals surface area (Å²) in [5.74, 6) is -2.06. The van der Waals surface area contributed by atoms with Crippen LogP contribution in [0.2, 0.25) is 0 Å². The Balaban J connectivity index is 2.03. The molecular formula is C20H14F4N2O. The molecule has 3 aromatic rings. The third-order valence-electron chi connectivity index (χ3n) is 3.96. The van der Waals surface area contributed by atoms with Crippen molar-refractivity contribution in [2.45, 2.75) is 12.7 Å². The van der Waals surface area contributed by atoms with E-state index < -0.39 is 23.5 Å². The summed E-state index contributed by atoms with van der Waals surface area (Å²) < 4.78 is 51.2. The molecule has 0 aliphatic heterocycles. The Morgan fingerprint density at radius 3 is 2.37 bits per heavy atom. The van der Waals surface area contributed by atoms with Crippen LogP contribution in [0.15, 0.2) is 67.0 Å². The van der Waals surface area contributed by atoms with Crippen LogP contribution in [0.1, 0.15) is 11.3 Å². The molecule has 7 heteroatoms. The van der Waals surface area contributed by atoms with Crippen LogP contribution in [0.25, 0.3) is 22.0 Å². The number of hydrogen-bond acceptors (Lipinski definition) is 2. The molecule has 0 aliphatic carbocycles. The predicted molar refractivity (Wildman–Crippen MR) is 94.3 cm³/mol. The molecule has 3 rings (SSSR count). The molecule has 0 fully saturated rings. The van der Waals surface area contributed by atoms with Gasteiger partial charge in [-0.05, 0) is 23.6 Å². The lowest BCUT2D eigenvalue weighted by Gasteiger charge is -2.12. The topological polar surface area (TPSA) is 42.0 Å². The number of nitrogens with one attached hydrogen (secondary N) is 1. The second-order valence-electron chi connectivity index (χ2n) is 5.85. The van der Waals surface area contributed by atoms with Crippen LogP contribution < -0.4 is 5.32 Å². The van der Waals surface area contributed by atoms with Gasteiger partial charge in [0, 0.05) is 10.9 Å². The summed E-state index contributed by atoms with van der Waals surface area (Å²) in [6.45, 7) is 2.88. The van der Waals surface area contributed by atoms with Gasteiger partial charge >= 0.3 is 6.18 Å². The van der Waals surface area contributed by atoms with Gasteiger partial charge < -0.3 is 5.32 Å². The average Bonchev–Trinajstić information content (AvgIpc) is 2.64. The zero-order valence-corrected chi connectivity index (χ0v) is 14.0. The lowest BCUT2D eigenvalue weighted by atomic mass is 10.0. The fraction of sp³-hybridized carbons (Fsp3) is 0.100. The normalized spacial score (nSPS) is 11.4. The van der Waals surface area contributed by atoms with E-state index in [-0.39, 0.29) is 6.54 Å². The molecule has 0 saturated carbocycles. The van der Waals surface area contributed by atoms with Crippen LogP contribution in [0.3, 0.4) is 0 Å². The quantitative estimate of drug-likeness (QED) is 0.515. The van der Waals surface area contributed by atoms with Crippen molar-refractivity contribution < 1.29 is 22.4 Å². The maximum absolute atomic E-state index is 12.8. The number of benzene rings is 2. The predicted octanol–water partition coefficient (Wildman–Crippen LogP) is 5.02. The van der Waals surface area contributed by atoms with Gasteiger partial charge in [0.05, 0.1) is 23.5 Å². The Labute approximate surface area is 152 Å². The highest BCUT2D eigenvalue weighted by atomic mass is 19.4. The van der Waals surface area contributed by atoms with Gasteiger partial charge in [0.1, 0.15) is 0 Å². The molecule has 0 atom stereocenters. The molecule has 2 aromatic carbocycles. The van der Waals surface area contributed by atoms with Crippen molar-refractivity contribution in [2.75, 3.05) is 0 Å². The van der Waals surface area contributed by atoms with Crippen molar-refractivity contribution in [3.05, 3.63) is 78.3 Å². The lowest BCUT2D eigenvalue weighted by molar-refractivity contribution is -0.137. The van der Waals surface area contributed by atoms with Crippen LogP contribution in [0, 0.1) is 0 Å². The molecule has 3 nitrogen and oxygen atoms in total. The highest BCUT2D eigenvalue weighted by Gasteiger charge is 2.30. The van der Waals surface area contributed by atoms with Crippen molar-refractivity contribution in [2.24, 2.45) is 0 Å². The molecule has 1 heterocycles. The molecule has 1 aromatic heterocycles. The number of nitrogens with zero attached hydrogens (tertiary/aromatic N) is 1. The largest absolute Gasteiger partial charge is 0.416 e. The minimum absolute atomic E-state index is 0.0414. The summed E-state index contributed by atoms with van der Waals surface area (Å²) in [7, 11) is 0. The third kappa shape index (κ3) is 4.13. The number of fused-ring (bicyclic) bond motifs is 1. The Bertz CT molecular complexity index is 1010. The first-order chi connectivity index (χ1) is 12.8. The zero-order chi connectivity index (χ0) is 19.6. The van der Waals surface area contributed by atoms with Gasteiger partial charge in [-0.25, -0.2) is 4.39 Å². The van der Waals surface area contributed by atoms with E-state index in [9.17, 15) is 22.4 Å². The second-order valence-corrected chi connectivity index (χ2v) is 5.85. The first kappa shape index (κ1) is 18.6. The van der Waals surface area contributed by atoms with E-state index in [4.69, 9.17) is 0 Å². The molecule has 1 N–H and O–H groups in total. The summed E-state index contributed by atoms with van der Waals surface area (Å²) in [5.41, 5.74) is 0.672. The van der Waals surface area contributed by atoms with E-state index in [2.05, 4.69) is 16.9 Å². The molecule has 0 radical (unpaired) electrons. The maximum Gasteiger partial charge on any atom is 0.416 e. The van der Waals surface area contributed by atoms with Crippen molar-refractivity contribution >= 4 is 16.7 Å². The average molecular weight is 374 g/mol. The summed E-state index contributed by atoms with van der Waals surface area (Å²) in [5, 5.41) is 3.90. The number of alkyl halides is 3. The first-order valence-electron chi connectivity index (χ1n) is 7.94. The fourth-order valence-corrected chi connectivity index (χ4v) is 2.65. The highest BCUT2D eigenvalue weighted by molar-refractivity contribution is 5.95. The maximum atomic E-state index is 12.8. The van der Waals surface area contributed by atoms with Crippen LogP contribution in [-0.4, -0.2) is 10.9 Å². The Kier molecular flexibility index (Phi) is 4.94. The van der Waals surface area contributed by atoms with Crippen molar-refractivity contribution in [1.82, 2.24) is 10.3 Å². The van der Waals surface area contributed by atoms with E-state index in [1.165, 1.54) is 12.1 Å². The molecule has 0 spiro atoms. The zero-order valence-electron chi connectivity index (χ0n) is 14.0. The van der Waals surface area contributed by atoms with E-state index in [1.54, 1.807) is 18.2 Å². The van der Waals surface area contributed by atoms with E-state index in [0.717, 1.165) is 22.9 Å². The third-order valence-corrected chi connectivity index (χ3v) is 3.96. The van der Waals surface area contributed by atoms with Gasteiger partial charge in [0.2, 0.25) is 0 Å². The second kappa shape index (κ2) is 7.19. The molecule has 0 saturated heterocycles. The number of rotatable bonds is 4. The van der Waals surface area contributed by atoms with Crippen LogP contribution in [0.5, 0.6) is 0 Å². The van der Waals surface area contributed by atoms with Gasteiger partial charge in [-0.15, -0.1) is 0 Å². The van der Waals surface area contributed by atoms with E-state index in [0.29, 0.717) is 17.0 Å². The molecule has 138 valence electrons. The van der Waals surface area contributed by atoms with Gasteiger partial charge in [-0.1, -0.05) is 43.0 Å². The lowest BCUT2D eigenvalue weighted by Crippen LogP contribution is -2.23. The SMILES string of the molecule is C=C(F)C(=O)NCc1cc2ccccc2c(-c2ccc(C(F)(F)F)cc2)n1. The molecule has 0 aliphatic rings. The summed E-state index contributed by atoms with van der Waals surface area (Å²) in [6.07, 6.45) is -4.42. The van der Waals surface area contributed by atoms with Crippen molar-refractivity contribution in [3.63, 3.8) is 0 Å². The smallest absolute Gasteiger partial charge is 0.344 e. The standard InChI is InChI=1S/C20H14F4N2O/c1-12(21)19(27)25-11-16-10-14-4-2-3-5-17(14)18(26-16)13-6-8-15(9-7-13)20(22,23)24/h2-10H,1,11H2,(H,25,27). The minimum Gasteiger partial charge on any atom is -0.344 e. The summed E-state index contributed by atoms with van der Waals surface area (Å²) >= 11 is 0. The first-order valence-corrected chi connectivity index (χ1v) is 7.94. The van der Waals surface area contributed by atoms with E-state index >= 15 is 0 Å². The van der Waals surface area contributed by atoms with Crippen molar-refractivity contribution in [3.8, 4) is 11.3 Å². The Morgan fingerprint density at radius 2 is 1.74 bits per heavy atom. The van der Waals surface area contributed by atoms with Gasteiger partial charge in [0.25, 0.3) is 5.91 Å². The summed E-state index contributed by atoms with van der Waals surface area (Å²) in [6, 6.07) is 13.7. The van der Waals surface area contributed by atoms with Crippen LogP contribution in [-0.2, 0) is 17.5 Å². The Hall–Kier alpha value is -3.22. The van der Waals surface area contributed by atoms with Gasteiger partial charge in [0.15, 0.2) is 5.83 Å².